The minimum atomic E-state index is -0.877. The monoisotopic (exact) mass is 626 g/mol. The molecule has 2 aromatic heterocycles. The number of nitrogens with zero attached hydrogens (tertiary/aromatic N) is 2. The zero-order chi connectivity index (χ0) is 34.7. The van der Waals surface area contributed by atoms with E-state index in [4.69, 9.17) is 4.74 Å². The van der Waals surface area contributed by atoms with Gasteiger partial charge in [0.05, 0.1) is 6.61 Å². The summed E-state index contributed by atoms with van der Waals surface area (Å²) in [5, 5.41) is 9.48. The fourth-order valence-corrected chi connectivity index (χ4v) is 5.92. The fraction of sp³-hybridized carbons (Fsp3) is 0.450. The second-order valence-electron chi connectivity index (χ2n) is 14.8. The lowest BCUT2D eigenvalue weighted by atomic mass is 9.89. The number of esters is 1. The number of ether oxygens (including phenoxy) is 1. The Kier molecular flexibility index (Phi) is 11.2. The SMILES string of the molecule is CCOC(=O)c1cc(C(C)(C)C)cn1Cc1c(C)cc(C)cc1C.Cc1cc(C)c(Cn2cc(C(C)(C)C)cc2C(=O)O)c(C)c1. The molecular formula is C40H54N2O4. The summed E-state index contributed by atoms with van der Waals surface area (Å²) in [7, 11) is 0. The molecule has 0 atom stereocenters. The van der Waals surface area contributed by atoms with Gasteiger partial charge in [0.25, 0.3) is 0 Å². The predicted octanol–water partition coefficient (Wildman–Crippen LogP) is 9.39. The summed E-state index contributed by atoms with van der Waals surface area (Å²) in [5.41, 5.74) is 13.0. The first kappa shape index (κ1) is 36.4. The van der Waals surface area contributed by atoms with E-state index in [1.807, 2.05) is 28.3 Å². The Labute approximate surface area is 276 Å². The quantitative estimate of drug-likeness (QED) is 0.208. The van der Waals surface area contributed by atoms with Crippen LogP contribution in [0, 0.1) is 41.5 Å². The van der Waals surface area contributed by atoms with Crippen LogP contribution in [0.15, 0.2) is 48.8 Å². The molecule has 0 saturated carbocycles. The van der Waals surface area contributed by atoms with E-state index in [9.17, 15) is 14.7 Å². The van der Waals surface area contributed by atoms with E-state index in [2.05, 4.69) is 114 Å². The maximum atomic E-state index is 12.4. The summed E-state index contributed by atoms with van der Waals surface area (Å²) in [6, 6.07) is 12.5. The van der Waals surface area contributed by atoms with Crippen LogP contribution in [-0.4, -0.2) is 32.8 Å². The number of aryl methyl sites for hydroxylation is 6. The normalized spacial score (nSPS) is 11.7. The lowest BCUT2D eigenvalue weighted by Crippen LogP contribution is -2.13. The predicted molar refractivity (Wildman–Crippen MR) is 189 cm³/mol. The number of aromatic nitrogens is 2. The summed E-state index contributed by atoms with van der Waals surface area (Å²) < 4.78 is 9.14. The highest BCUT2D eigenvalue weighted by molar-refractivity contribution is 5.88. The van der Waals surface area contributed by atoms with Crippen LogP contribution in [0.4, 0.5) is 0 Å². The lowest BCUT2D eigenvalue weighted by molar-refractivity contribution is 0.0513. The molecule has 0 fully saturated rings. The molecule has 0 unspecified atom stereocenters. The van der Waals surface area contributed by atoms with E-state index in [0.29, 0.717) is 31.1 Å². The van der Waals surface area contributed by atoms with Crippen LogP contribution in [0.3, 0.4) is 0 Å². The van der Waals surface area contributed by atoms with Gasteiger partial charge in [-0.2, -0.15) is 0 Å². The van der Waals surface area contributed by atoms with Gasteiger partial charge < -0.3 is 19.0 Å². The van der Waals surface area contributed by atoms with Gasteiger partial charge in [0.2, 0.25) is 0 Å². The summed E-state index contributed by atoms with van der Waals surface area (Å²) >= 11 is 0. The van der Waals surface area contributed by atoms with Crippen molar-refractivity contribution in [2.45, 2.75) is 114 Å². The van der Waals surface area contributed by atoms with Crippen molar-refractivity contribution in [3.8, 4) is 0 Å². The van der Waals surface area contributed by atoms with Crippen molar-refractivity contribution in [2.75, 3.05) is 6.61 Å². The van der Waals surface area contributed by atoms with Crippen molar-refractivity contribution in [2.24, 2.45) is 0 Å². The van der Waals surface area contributed by atoms with Crippen molar-refractivity contribution in [3.05, 3.63) is 116 Å². The Morgan fingerprint density at radius 3 is 1.30 bits per heavy atom. The number of carboxylic acid groups (broad SMARTS) is 1. The largest absolute Gasteiger partial charge is 0.477 e. The number of carbonyl (C=O) groups excluding carboxylic acids is 1. The molecule has 0 spiro atoms. The first-order valence-electron chi connectivity index (χ1n) is 16.2. The first-order chi connectivity index (χ1) is 21.2. The minimum Gasteiger partial charge on any atom is -0.477 e. The van der Waals surface area contributed by atoms with Gasteiger partial charge in [0.15, 0.2) is 0 Å². The number of carboxylic acids is 1. The van der Waals surface area contributed by atoms with E-state index >= 15 is 0 Å². The minimum absolute atomic E-state index is 0.0101. The van der Waals surface area contributed by atoms with Crippen molar-refractivity contribution in [3.63, 3.8) is 0 Å². The van der Waals surface area contributed by atoms with Gasteiger partial charge in [-0.3, -0.25) is 0 Å². The van der Waals surface area contributed by atoms with Gasteiger partial charge in [-0.25, -0.2) is 9.59 Å². The highest BCUT2D eigenvalue weighted by Gasteiger charge is 2.23. The van der Waals surface area contributed by atoms with Crippen LogP contribution in [0.5, 0.6) is 0 Å². The van der Waals surface area contributed by atoms with Gasteiger partial charge in [-0.05, 0) is 116 Å². The number of carbonyl (C=O) groups is 2. The molecule has 6 heteroatoms. The Balaban J connectivity index is 0.000000251. The molecular weight excluding hydrogens is 572 g/mol. The van der Waals surface area contributed by atoms with Crippen LogP contribution in [0.1, 0.15) is 125 Å². The van der Waals surface area contributed by atoms with Gasteiger partial charge in [-0.1, -0.05) is 76.9 Å². The molecule has 0 amide bonds. The first-order valence-corrected chi connectivity index (χ1v) is 16.2. The number of hydrogen-bond donors (Lipinski definition) is 1. The van der Waals surface area contributed by atoms with E-state index in [0.717, 1.165) is 11.1 Å². The zero-order valence-corrected chi connectivity index (χ0v) is 30.3. The standard InChI is InChI=1S/C21H29NO2.C19H25NO2/c1-8-24-20(23)19-11-17(21(5,6)7)12-22(19)13-18-15(3)9-14(2)10-16(18)4;1-12-7-13(2)16(14(3)8-12)11-20-10-15(19(4,5)6)9-17(20)18(21)22/h9-12H,8,13H2,1-7H3;7-10H,11H2,1-6H3,(H,21,22). The third kappa shape index (κ3) is 8.80. The molecule has 0 aliphatic carbocycles. The molecule has 6 nitrogen and oxygen atoms in total. The Morgan fingerprint density at radius 2 is 0.978 bits per heavy atom. The van der Waals surface area contributed by atoms with Crippen LogP contribution in [0.25, 0.3) is 0 Å². The highest BCUT2D eigenvalue weighted by Crippen LogP contribution is 2.28. The van der Waals surface area contributed by atoms with Gasteiger partial charge >= 0.3 is 11.9 Å². The maximum absolute atomic E-state index is 12.4. The highest BCUT2D eigenvalue weighted by atomic mass is 16.5. The molecule has 4 rings (SSSR count). The average Bonchev–Trinajstić information content (AvgIpc) is 3.54. The van der Waals surface area contributed by atoms with Crippen molar-refractivity contribution in [1.29, 1.82) is 0 Å². The van der Waals surface area contributed by atoms with E-state index in [-0.39, 0.29) is 16.8 Å². The zero-order valence-electron chi connectivity index (χ0n) is 30.3. The molecule has 46 heavy (non-hydrogen) atoms. The number of hydrogen-bond acceptors (Lipinski definition) is 3. The molecule has 248 valence electrons. The van der Waals surface area contributed by atoms with E-state index in [1.54, 1.807) is 6.07 Å². The molecule has 2 aromatic carbocycles. The van der Waals surface area contributed by atoms with Crippen molar-refractivity contribution in [1.82, 2.24) is 9.13 Å². The summed E-state index contributed by atoms with van der Waals surface area (Å²) in [6.45, 7) is 28.9. The van der Waals surface area contributed by atoms with Gasteiger partial charge in [-0.15, -0.1) is 0 Å². The smallest absolute Gasteiger partial charge is 0.354 e. The number of rotatable bonds is 7. The second-order valence-corrected chi connectivity index (χ2v) is 14.8. The summed E-state index contributed by atoms with van der Waals surface area (Å²) in [5.74, 6) is -1.13. The summed E-state index contributed by atoms with van der Waals surface area (Å²) in [6.07, 6.45) is 4.06. The molecule has 2 heterocycles. The van der Waals surface area contributed by atoms with Crippen LogP contribution >= 0.6 is 0 Å². The molecule has 1 N–H and O–H groups in total. The van der Waals surface area contributed by atoms with Crippen LogP contribution < -0.4 is 0 Å². The lowest BCUT2D eigenvalue weighted by Gasteiger charge is -2.16. The Bertz CT molecular complexity index is 1670. The van der Waals surface area contributed by atoms with Gasteiger partial charge in [0.1, 0.15) is 11.4 Å². The van der Waals surface area contributed by atoms with Crippen molar-refractivity contribution < 1.29 is 19.4 Å². The maximum Gasteiger partial charge on any atom is 0.354 e. The number of benzene rings is 2. The Morgan fingerprint density at radius 1 is 0.630 bits per heavy atom. The van der Waals surface area contributed by atoms with Gasteiger partial charge in [0, 0.05) is 25.5 Å². The average molecular weight is 627 g/mol. The van der Waals surface area contributed by atoms with Crippen molar-refractivity contribution >= 4 is 11.9 Å². The van der Waals surface area contributed by atoms with Crippen LogP contribution in [-0.2, 0) is 28.7 Å². The number of aromatic carboxylic acids is 1. The Hall–Kier alpha value is -4.06. The fourth-order valence-electron chi connectivity index (χ4n) is 5.92. The van der Waals surface area contributed by atoms with Crippen LogP contribution in [0.2, 0.25) is 0 Å². The second kappa shape index (κ2) is 14.1. The molecule has 4 aromatic rings. The topological polar surface area (TPSA) is 73.5 Å². The van der Waals surface area contributed by atoms with E-state index in [1.165, 1.54) is 44.5 Å². The molecule has 0 bridgehead atoms. The molecule has 0 radical (unpaired) electrons. The summed E-state index contributed by atoms with van der Waals surface area (Å²) in [4.78, 5) is 23.9. The third-order valence-electron chi connectivity index (χ3n) is 8.57. The molecule has 0 aliphatic rings. The van der Waals surface area contributed by atoms with E-state index < -0.39 is 5.97 Å². The third-order valence-corrected chi connectivity index (χ3v) is 8.57. The molecule has 0 aliphatic heterocycles. The molecule has 0 saturated heterocycles.